The average Bonchev–Trinajstić information content (AvgIpc) is 2.11. The second kappa shape index (κ2) is 5.18. The predicted octanol–water partition coefficient (Wildman–Crippen LogP) is 1.72. The minimum Gasteiger partial charge on any atom is -0.481 e. The largest absolute Gasteiger partial charge is 0.481 e. The first-order valence-electron chi connectivity index (χ1n) is 4.37. The van der Waals surface area contributed by atoms with Crippen molar-refractivity contribution in [2.75, 3.05) is 0 Å². The molecule has 0 aliphatic carbocycles. The van der Waals surface area contributed by atoms with Crippen molar-refractivity contribution >= 4 is 35.1 Å². The van der Waals surface area contributed by atoms with E-state index >= 15 is 0 Å². The minimum atomic E-state index is -1.27. The summed E-state index contributed by atoms with van der Waals surface area (Å²) in [5.41, 5.74) is 5.53. The molecule has 86 valence electrons. The molecule has 1 atom stereocenters. The third-order valence-corrected chi connectivity index (χ3v) is 2.44. The Balaban J connectivity index is 2.93. The van der Waals surface area contributed by atoms with Gasteiger partial charge in [-0.1, -0.05) is 23.2 Å². The van der Waals surface area contributed by atoms with E-state index in [4.69, 9.17) is 34.0 Å². The molecule has 1 unspecified atom stereocenters. The van der Waals surface area contributed by atoms with Crippen LogP contribution in [0, 0.1) is 5.92 Å². The van der Waals surface area contributed by atoms with Crippen molar-refractivity contribution in [3.8, 4) is 0 Å². The van der Waals surface area contributed by atoms with E-state index in [0.29, 0.717) is 15.6 Å². The molecule has 4 nitrogen and oxygen atoms in total. The Morgan fingerprint density at radius 3 is 2.12 bits per heavy atom. The molecule has 0 saturated heterocycles. The zero-order chi connectivity index (χ0) is 12.3. The smallest absolute Gasteiger partial charge is 0.316 e. The van der Waals surface area contributed by atoms with E-state index in [9.17, 15) is 9.59 Å². The maximum Gasteiger partial charge on any atom is 0.316 e. The fraction of sp³-hybridized carbons (Fsp3) is 0.200. The molecule has 0 bridgehead atoms. The van der Waals surface area contributed by atoms with E-state index < -0.39 is 17.8 Å². The number of nitrogens with two attached hydrogens (primary N) is 1. The molecule has 0 aliphatic heterocycles. The summed E-state index contributed by atoms with van der Waals surface area (Å²) in [6.07, 6.45) is -0.0229. The van der Waals surface area contributed by atoms with Crippen LogP contribution in [0.15, 0.2) is 18.2 Å². The highest BCUT2D eigenvalue weighted by Gasteiger charge is 2.24. The Hall–Kier alpha value is -1.26. The zero-order valence-electron chi connectivity index (χ0n) is 8.11. The fourth-order valence-electron chi connectivity index (χ4n) is 1.27. The second-order valence-electron chi connectivity index (χ2n) is 3.28. The van der Waals surface area contributed by atoms with Gasteiger partial charge in [-0.15, -0.1) is 0 Å². The first-order chi connectivity index (χ1) is 7.40. The number of carbonyl (C=O) groups excluding carboxylic acids is 1. The number of halogens is 2. The summed E-state index contributed by atoms with van der Waals surface area (Å²) in [4.78, 5) is 21.6. The van der Waals surface area contributed by atoms with Gasteiger partial charge in [-0.2, -0.15) is 0 Å². The molecular formula is C10H9Cl2NO3. The predicted molar refractivity (Wildman–Crippen MR) is 60.5 cm³/mol. The average molecular weight is 262 g/mol. The van der Waals surface area contributed by atoms with Crippen LogP contribution >= 0.6 is 23.2 Å². The number of primary amides is 1. The van der Waals surface area contributed by atoms with Crippen molar-refractivity contribution in [2.24, 2.45) is 11.7 Å². The summed E-state index contributed by atoms with van der Waals surface area (Å²) in [5, 5.41) is 9.55. The highest BCUT2D eigenvalue weighted by Crippen LogP contribution is 2.21. The second-order valence-corrected chi connectivity index (χ2v) is 4.15. The molecule has 0 saturated carbocycles. The normalized spacial score (nSPS) is 12.1. The summed E-state index contributed by atoms with van der Waals surface area (Å²) in [7, 11) is 0. The summed E-state index contributed by atoms with van der Waals surface area (Å²) in [6.45, 7) is 0. The van der Waals surface area contributed by atoms with Gasteiger partial charge < -0.3 is 10.8 Å². The van der Waals surface area contributed by atoms with Crippen LogP contribution in [0.1, 0.15) is 5.56 Å². The molecule has 1 aromatic carbocycles. The van der Waals surface area contributed by atoms with Crippen LogP contribution in [0.3, 0.4) is 0 Å². The third-order valence-electron chi connectivity index (χ3n) is 2.00. The fourth-order valence-corrected chi connectivity index (χ4v) is 1.85. The SMILES string of the molecule is NC(=O)C(Cc1cc(Cl)cc(Cl)c1)C(=O)O. The van der Waals surface area contributed by atoms with Crippen molar-refractivity contribution in [2.45, 2.75) is 6.42 Å². The van der Waals surface area contributed by atoms with Gasteiger partial charge in [-0.25, -0.2) is 0 Å². The van der Waals surface area contributed by atoms with Gasteiger partial charge in [-0.3, -0.25) is 9.59 Å². The summed E-state index contributed by atoms with van der Waals surface area (Å²) >= 11 is 11.5. The van der Waals surface area contributed by atoms with Crippen molar-refractivity contribution in [3.63, 3.8) is 0 Å². The lowest BCUT2D eigenvalue weighted by Crippen LogP contribution is -2.31. The number of rotatable bonds is 4. The third kappa shape index (κ3) is 3.40. The van der Waals surface area contributed by atoms with Crippen LogP contribution < -0.4 is 5.73 Å². The molecule has 16 heavy (non-hydrogen) atoms. The number of aliphatic carboxylic acids is 1. The van der Waals surface area contributed by atoms with Gasteiger partial charge in [0.05, 0.1) is 0 Å². The molecule has 0 spiro atoms. The van der Waals surface area contributed by atoms with Crippen LogP contribution in [0.25, 0.3) is 0 Å². The first kappa shape index (κ1) is 12.8. The number of amides is 1. The topological polar surface area (TPSA) is 80.4 Å². The van der Waals surface area contributed by atoms with Crippen LogP contribution in [-0.2, 0) is 16.0 Å². The van der Waals surface area contributed by atoms with Gasteiger partial charge >= 0.3 is 5.97 Å². The van der Waals surface area contributed by atoms with Gasteiger partial charge in [0, 0.05) is 10.0 Å². The number of hydrogen-bond donors (Lipinski definition) is 2. The van der Waals surface area contributed by atoms with Gasteiger partial charge in [0.25, 0.3) is 0 Å². The van der Waals surface area contributed by atoms with Crippen LogP contribution in [0.2, 0.25) is 10.0 Å². The Morgan fingerprint density at radius 1 is 1.25 bits per heavy atom. The number of hydrogen-bond acceptors (Lipinski definition) is 2. The van der Waals surface area contributed by atoms with E-state index in [1.165, 1.54) is 6.07 Å². The van der Waals surface area contributed by atoms with E-state index in [0.717, 1.165) is 0 Å². The van der Waals surface area contributed by atoms with Gasteiger partial charge in [0.15, 0.2) is 0 Å². The van der Waals surface area contributed by atoms with Gasteiger partial charge in [-0.05, 0) is 30.2 Å². The number of carbonyl (C=O) groups is 2. The molecule has 3 N–H and O–H groups in total. The van der Waals surface area contributed by atoms with Crippen LogP contribution in [0.5, 0.6) is 0 Å². The molecule has 1 amide bonds. The minimum absolute atomic E-state index is 0.0229. The Morgan fingerprint density at radius 2 is 1.75 bits per heavy atom. The van der Waals surface area contributed by atoms with E-state index in [2.05, 4.69) is 0 Å². The summed E-state index contributed by atoms with van der Waals surface area (Å²) in [5.74, 6) is -3.42. The molecule has 0 heterocycles. The quantitative estimate of drug-likeness (QED) is 0.810. The zero-order valence-corrected chi connectivity index (χ0v) is 9.63. The maximum atomic E-state index is 10.9. The Bertz CT molecular complexity index is 400. The summed E-state index contributed by atoms with van der Waals surface area (Å²) < 4.78 is 0. The van der Waals surface area contributed by atoms with E-state index in [1.54, 1.807) is 12.1 Å². The van der Waals surface area contributed by atoms with Crippen molar-refractivity contribution in [3.05, 3.63) is 33.8 Å². The Kier molecular flexibility index (Phi) is 4.15. The maximum absolute atomic E-state index is 10.9. The summed E-state index contributed by atoms with van der Waals surface area (Å²) in [6, 6.07) is 4.62. The number of carboxylic acid groups (broad SMARTS) is 1. The standard InChI is InChI=1S/C10H9Cl2NO3/c11-6-1-5(2-7(12)4-6)3-8(9(13)14)10(15)16/h1-2,4,8H,3H2,(H2,13,14)(H,15,16). The molecule has 0 radical (unpaired) electrons. The molecule has 0 aliphatic rings. The highest BCUT2D eigenvalue weighted by atomic mass is 35.5. The lowest BCUT2D eigenvalue weighted by molar-refractivity contribution is -0.145. The van der Waals surface area contributed by atoms with Gasteiger partial charge in [0.2, 0.25) is 5.91 Å². The molecule has 1 aromatic rings. The monoisotopic (exact) mass is 261 g/mol. The van der Waals surface area contributed by atoms with Crippen molar-refractivity contribution in [1.29, 1.82) is 0 Å². The molecule has 6 heteroatoms. The molecule has 1 rings (SSSR count). The highest BCUT2D eigenvalue weighted by molar-refractivity contribution is 6.34. The van der Waals surface area contributed by atoms with Crippen LogP contribution in [-0.4, -0.2) is 17.0 Å². The lowest BCUT2D eigenvalue weighted by atomic mass is 9.99. The van der Waals surface area contributed by atoms with Gasteiger partial charge in [0.1, 0.15) is 5.92 Å². The number of carboxylic acids is 1. The van der Waals surface area contributed by atoms with Crippen molar-refractivity contribution in [1.82, 2.24) is 0 Å². The Labute approximate surface area is 102 Å². The molecule has 0 aromatic heterocycles. The molecular weight excluding hydrogens is 253 g/mol. The van der Waals surface area contributed by atoms with E-state index in [1.807, 2.05) is 0 Å². The molecule has 0 fully saturated rings. The first-order valence-corrected chi connectivity index (χ1v) is 5.13. The lowest BCUT2D eigenvalue weighted by Gasteiger charge is -2.08. The number of benzene rings is 1. The van der Waals surface area contributed by atoms with Crippen molar-refractivity contribution < 1.29 is 14.7 Å². The van der Waals surface area contributed by atoms with Crippen LogP contribution in [0.4, 0.5) is 0 Å². The van der Waals surface area contributed by atoms with E-state index in [-0.39, 0.29) is 6.42 Å².